The molecule has 1 N–H and O–H groups in total. The van der Waals surface area contributed by atoms with Gasteiger partial charge in [0.25, 0.3) is 10.0 Å². The smallest absolute Gasteiger partial charge is 0.337 e. The molecule has 0 spiro atoms. The van der Waals surface area contributed by atoms with Crippen LogP contribution in [0.25, 0.3) is 0 Å². The highest BCUT2D eigenvalue weighted by molar-refractivity contribution is 7.92. The number of ether oxygens (including phenoxy) is 2. The van der Waals surface area contributed by atoms with Gasteiger partial charge < -0.3 is 14.8 Å². The molecule has 8 nitrogen and oxygen atoms in total. The van der Waals surface area contributed by atoms with Crippen LogP contribution in [0.15, 0.2) is 71.6 Å². The predicted octanol–water partition coefficient (Wildman–Crippen LogP) is 4.28. The normalized spacial score (nSPS) is 10.9. The molecule has 0 aromatic heterocycles. The number of carbonyl (C=O) groups excluding carboxylic acids is 2. The summed E-state index contributed by atoms with van der Waals surface area (Å²) in [5.74, 6) is -0.674. The Bertz CT molecular complexity index is 1310. The van der Waals surface area contributed by atoms with Gasteiger partial charge in [-0.25, -0.2) is 13.2 Å². The zero-order chi connectivity index (χ0) is 24.9. The molecule has 0 aliphatic rings. The first-order valence-corrected chi connectivity index (χ1v) is 11.9. The molecular weight excluding hydrogens is 480 g/mol. The lowest BCUT2D eigenvalue weighted by Crippen LogP contribution is -2.38. The van der Waals surface area contributed by atoms with Gasteiger partial charge in [0, 0.05) is 10.7 Å². The van der Waals surface area contributed by atoms with Gasteiger partial charge in [-0.2, -0.15) is 0 Å². The molecule has 10 heteroatoms. The summed E-state index contributed by atoms with van der Waals surface area (Å²) in [5.41, 5.74) is 1.52. The van der Waals surface area contributed by atoms with E-state index in [1.165, 1.54) is 50.6 Å². The van der Waals surface area contributed by atoms with E-state index in [9.17, 15) is 18.0 Å². The molecule has 178 valence electrons. The van der Waals surface area contributed by atoms with Gasteiger partial charge >= 0.3 is 5.97 Å². The molecule has 0 aliphatic carbocycles. The standard InChI is InChI=1S/C24H23ClN2O6S/c1-16-7-8-17(24(29)33-3)13-22(16)26-23(28)15-27(19-6-4-5-18(25)14-19)34(30,31)21-11-9-20(32-2)10-12-21/h4-14H,15H2,1-3H3,(H,26,28). The molecule has 0 bridgehead atoms. The first-order valence-electron chi connectivity index (χ1n) is 10.1. The molecule has 0 fully saturated rings. The number of nitrogens with one attached hydrogen (secondary N) is 1. The highest BCUT2D eigenvalue weighted by atomic mass is 35.5. The highest BCUT2D eigenvalue weighted by Gasteiger charge is 2.28. The summed E-state index contributed by atoms with van der Waals surface area (Å²) < 4.78 is 37.7. The van der Waals surface area contributed by atoms with Crippen molar-refractivity contribution in [2.75, 3.05) is 30.4 Å². The molecule has 3 aromatic rings. The van der Waals surface area contributed by atoms with Crippen LogP contribution < -0.4 is 14.4 Å². The Kier molecular flexibility index (Phi) is 7.80. The van der Waals surface area contributed by atoms with E-state index in [2.05, 4.69) is 5.32 Å². The monoisotopic (exact) mass is 502 g/mol. The summed E-state index contributed by atoms with van der Waals surface area (Å²) >= 11 is 6.09. The minimum atomic E-state index is -4.13. The van der Waals surface area contributed by atoms with E-state index in [0.29, 0.717) is 22.0 Å². The van der Waals surface area contributed by atoms with E-state index in [4.69, 9.17) is 21.1 Å². The van der Waals surface area contributed by atoms with Crippen LogP contribution in [0.3, 0.4) is 0 Å². The molecule has 0 unspecified atom stereocenters. The number of esters is 1. The van der Waals surface area contributed by atoms with Crippen LogP contribution in [0.4, 0.5) is 11.4 Å². The average molecular weight is 503 g/mol. The van der Waals surface area contributed by atoms with Crippen molar-refractivity contribution in [3.63, 3.8) is 0 Å². The van der Waals surface area contributed by atoms with Crippen LogP contribution in [0.2, 0.25) is 5.02 Å². The fourth-order valence-corrected chi connectivity index (χ4v) is 4.74. The number of benzene rings is 3. The zero-order valence-corrected chi connectivity index (χ0v) is 20.3. The first-order chi connectivity index (χ1) is 16.1. The quantitative estimate of drug-likeness (QED) is 0.461. The second-order valence-electron chi connectivity index (χ2n) is 7.24. The van der Waals surface area contributed by atoms with Crippen molar-refractivity contribution in [2.24, 2.45) is 0 Å². The van der Waals surface area contributed by atoms with Crippen LogP contribution in [0.1, 0.15) is 15.9 Å². The molecule has 0 saturated heterocycles. The third-order valence-electron chi connectivity index (χ3n) is 4.96. The number of nitrogens with zero attached hydrogens (tertiary/aromatic N) is 1. The minimum absolute atomic E-state index is 0.0232. The number of hydrogen-bond acceptors (Lipinski definition) is 6. The topological polar surface area (TPSA) is 102 Å². The molecule has 3 aromatic carbocycles. The van der Waals surface area contributed by atoms with Gasteiger partial charge in [-0.05, 0) is 67.1 Å². The Labute approximate surface area is 203 Å². The van der Waals surface area contributed by atoms with Gasteiger partial charge in [0.05, 0.1) is 30.4 Å². The molecule has 0 aliphatic heterocycles. The zero-order valence-electron chi connectivity index (χ0n) is 18.7. The van der Waals surface area contributed by atoms with E-state index >= 15 is 0 Å². The number of halogens is 1. The van der Waals surface area contributed by atoms with Crippen molar-refractivity contribution in [2.45, 2.75) is 11.8 Å². The number of anilines is 2. The Balaban J connectivity index is 1.95. The SMILES string of the molecule is COC(=O)c1ccc(C)c(NC(=O)CN(c2cccc(Cl)c2)S(=O)(=O)c2ccc(OC)cc2)c1. The Morgan fingerprint density at radius 3 is 2.32 bits per heavy atom. The van der Waals surface area contributed by atoms with Gasteiger partial charge in [0.1, 0.15) is 12.3 Å². The molecule has 0 heterocycles. The van der Waals surface area contributed by atoms with E-state index in [-0.39, 0.29) is 16.1 Å². The van der Waals surface area contributed by atoms with Gasteiger partial charge in [0.2, 0.25) is 5.91 Å². The van der Waals surface area contributed by atoms with E-state index in [1.54, 1.807) is 37.3 Å². The van der Waals surface area contributed by atoms with Crippen LogP contribution in [-0.4, -0.2) is 41.1 Å². The number of sulfonamides is 1. The first kappa shape index (κ1) is 25.1. The summed E-state index contributed by atoms with van der Waals surface area (Å²) in [6, 6.07) is 16.7. The Morgan fingerprint density at radius 1 is 1.00 bits per heavy atom. The lowest BCUT2D eigenvalue weighted by Gasteiger charge is -2.24. The fourth-order valence-electron chi connectivity index (χ4n) is 3.14. The molecule has 1 amide bonds. The number of rotatable bonds is 8. The molecule has 0 radical (unpaired) electrons. The summed E-state index contributed by atoms with van der Waals surface area (Å²) in [7, 11) is -1.40. The summed E-state index contributed by atoms with van der Waals surface area (Å²) in [4.78, 5) is 24.8. The molecular formula is C24H23ClN2O6S. The molecule has 0 saturated carbocycles. The molecule has 34 heavy (non-hydrogen) atoms. The van der Waals surface area contributed by atoms with Crippen LogP contribution in [0, 0.1) is 6.92 Å². The Hall–Kier alpha value is -3.56. The largest absolute Gasteiger partial charge is 0.497 e. The number of methoxy groups -OCH3 is 2. The summed E-state index contributed by atoms with van der Waals surface area (Å²) in [5, 5.41) is 2.99. The van der Waals surface area contributed by atoms with Crippen molar-refractivity contribution >= 4 is 44.9 Å². The van der Waals surface area contributed by atoms with Crippen LogP contribution in [0.5, 0.6) is 5.75 Å². The van der Waals surface area contributed by atoms with Gasteiger partial charge in [-0.15, -0.1) is 0 Å². The lowest BCUT2D eigenvalue weighted by molar-refractivity contribution is -0.114. The maximum absolute atomic E-state index is 13.5. The maximum Gasteiger partial charge on any atom is 0.337 e. The fraction of sp³-hybridized carbons (Fsp3) is 0.167. The van der Waals surface area contributed by atoms with Crippen LogP contribution in [-0.2, 0) is 19.6 Å². The van der Waals surface area contributed by atoms with Crippen LogP contribution >= 0.6 is 11.6 Å². The third-order valence-corrected chi connectivity index (χ3v) is 6.99. The average Bonchev–Trinajstić information content (AvgIpc) is 2.83. The van der Waals surface area contributed by atoms with Crippen molar-refractivity contribution < 1.29 is 27.5 Å². The van der Waals surface area contributed by atoms with Crippen molar-refractivity contribution in [3.8, 4) is 5.75 Å². The Morgan fingerprint density at radius 2 is 1.71 bits per heavy atom. The van der Waals surface area contributed by atoms with E-state index in [0.717, 1.165) is 4.31 Å². The molecule has 3 rings (SSSR count). The van der Waals surface area contributed by atoms with Gasteiger partial charge in [-0.3, -0.25) is 9.10 Å². The number of carbonyl (C=O) groups is 2. The van der Waals surface area contributed by atoms with Crippen molar-refractivity contribution in [1.29, 1.82) is 0 Å². The van der Waals surface area contributed by atoms with E-state index in [1.807, 2.05) is 0 Å². The van der Waals surface area contributed by atoms with Crippen molar-refractivity contribution in [3.05, 3.63) is 82.9 Å². The predicted molar refractivity (Wildman–Crippen MR) is 130 cm³/mol. The maximum atomic E-state index is 13.5. The molecule has 0 atom stereocenters. The van der Waals surface area contributed by atoms with Crippen molar-refractivity contribution in [1.82, 2.24) is 0 Å². The number of aryl methyl sites for hydroxylation is 1. The summed E-state index contributed by atoms with van der Waals surface area (Å²) in [6.07, 6.45) is 0. The highest BCUT2D eigenvalue weighted by Crippen LogP contribution is 2.27. The number of hydrogen-bond donors (Lipinski definition) is 1. The second-order valence-corrected chi connectivity index (χ2v) is 9.54. The second kappa shape index (κ2) is 10.6. The van der Waals surface area contributed by atoms with Gasteiger partial charge in [0.15, 0.2) is 0 Å². The summed E-state index contributed by atoms with van der Waals surface area (Å²) in [6.45, 7) is 1.22. The van der Waals surface area contributed by atoms with E-state index < -0.39 is 28.4 Å². The minimum Gasteiger partial charge on any atom is -0.497 e. The van der Waals surface area contributed by atoms with Gasteiger partial charge in [-0.1, -0.05) is 23.7 Å². The number of amides is 1. The lowest BCUT2D eigenvalue weighted by atomic mass is 10.1. The third kappa shape index (κ3) is 5.67.